The monoisotopic (exact) mass is 406 g/mol. The molecule has 1 saturated heterocycles. The first-order chi connectivity index (χ1) is 13.0. The Hall–Kier alpha value is -1.44. The van der Waals surface area contributed by atoms with Gasteiger partial charge < -0.3 is 10.2 Å². The van der Waals surface area contributed by atoms with E-state index in [0.717, 1.165) is 65.1 Å². The number of hydrogen-bond acceptors (Lipinski definition) is 6. The largest absolute Gasteiger partial charge is 0.349 e. The van der Waals surface area contributed by atoms with Crippen LogP contribution in [-0.4, -0.2) is 54.6 Å². The van der Waals surface area contributed by atoms with Crippen molar-refractivity contribution in [1.29, 1.82) is 0 Å². The Balaban J connectivity index is 1.55. The highest BCUT2D eigenvalue weighted by Gasteiger charge is 2.22. The van der Waals surface area contributed by atoms with Crippen molar-refractivity contribution in [2.75, 3.05) is 37.6 Å². The van der Waals surface area contributed by atoms with Gasteiger partial charge in [-0.05, 0) is 46.6 Å². The lowest BCUT2D eigenvalue weighted by molar-refractivity contribution is 0.0918. The maximum Gasteiger partial charge on any atom is 0.261 e. The van der Waals surface area contributed by atoms with Gasteiger partial charge in [0.2, 0.25) is 0 Å². The predicted molar refractivity (Wildman–Crippen MR) is 117 cm³/mol. The number of anilines is 1. The van der Waals surface area contributed by atoms with Crippen LogP contribution in [0.5, 0.6) is 0 Å². The van der Waals surface area contributed by atoms with Crippen molar-refractivity contribution in [2.45, 2.75) is 46.6 Å². The molecule has 0 radical (unpaired) electrons. The molecule has 1 fully saturated rings. The Morgan fingerprint density at radius 3 is 2.59 bits per heavy atom. The number of allylic oxidation sites excluding steroid dienone is 1. The maximum absolute atomic E-state index is 12.7. The molecule has 7 heteroatoms. The van der Waals surface area contributed by atoms with Gasteiger partial charge in [-0.3, -0.25) is 9.69 Å². The molecule has 0 spiro atoms. The van der Waals surface area contributed by atoms with E-state index in [1.165, 1.54) is 16.9 Å². The van der Waals surface area contributed by atoms with Gasteiger partial charge in [0.05, 0.1) is 9.58 Å². The first-order valence-electron chi connectivity index (χ1n) is 9.82. The number of likely N-dealkylation sites (tertiary alicyclic amines) is 1. The number of thiophene rings is 1. The molecule has 0 saturated carbocycles. The molecular formula is C20H30N4OS2. The Labute approximate surface area is 170 Å². The maximum atomic E-state index is 12.7. The van der Waals surface area contributed by atoms with Crippen molar-refractivity contribution in [1.82, 2.24) is 15.2 Å². The zero-order chi connectivity index (χ0) is 19.4. The van der Waals surface area contributed by atoms with Crippen molar-refractivity contribution in [3.05, 3.63) is 22.6 Å². The van der Waals surface area contributed by atoms with Crippen LogP contribution in [-0.2, 0) is 0 Å². The molecule has 1 aliphatic rings. The van der Waals surface area contributed by atoms with Crippen LogP contribution in [0.25, 0.3) is 9.53 Å². The van der Waals surface area contributed by atoms with E-state index < -0.39 is 0 Å². The number of carbonyl (C=O) groups is 1. The van der Waals surface area contributed by atoms with E-state index in [4.69, 9.17) is 4.98 Å². The second kappa shape index (κ2) is 9.17. The predicted octanol–water partition coefficient (Wildman–Crippen LogP) is 4.36. The fourth-order valence-corrected chi connectivity index (χ4v) is 5.53. The molecule has 1 aliphatic heterocycles. The summed E-state index contributed by atoms with van der Waals surface area (Å²) in [6, 6.07) is 2.28. The number of fused-ring (bicyclic) bond motifs is 1. The lowest BCUT2D eigenvalue weighted by atomic mass is 10.0. The summed E-state index contributed by atoms with van der Waals surface area (Å²) in [6.07, 6.45) is 4.32. The lowest BCUT2D eigenvalue weighted by Crippen LogP contribution is -2.44. The summed E-state index contributed by atoms with van der Waals surface area (Å²) >= 11 is 3.19. The Morgan fingerprint density at radius 2 is 2.00 bits per heavy atom. The molecule has 0 bridgehead atoms. The van der Waals surface area contributed by atoms with Crippen LogP contribution >= 0.6 is 22.7 Å². The van der Waals surface area contributed by atoms with Gasteiger partial charge in [-0.2, -0.15) is 0 Å². The molecule has 2 aromatic rings. The zero-order valence-corrected chi connectivity index (χ0v) is 18.4. The molecule has 0 aromatic carbocycles. The summed E-state index contributed by atoms with van der Waals surface area (Å²) in [5, 5.41) is 4.28. The molecule has 0 atom stereocenters. The van der Waals surface area contributed by atoms with Gasteiger partial charge in [0.15, 0.2) is 5.13 Å². The number of nitrogens with zero attached hydrogens (tertiary/aromatic N) is 3. The van der Waals surface area contributed by atoms with E-state index in [1.807, 2.05) is 6.07 Å². The molecule has 5 nitrogen and oxygen atoms in total. The quantitative estimate of drug-likeness (QED) is 0.694. The molecule has 148 valence electrons. The highest BCUT2D eigenvalue weighted by atomic mass is 32.1. The van der Waals surface area contributed by atoms with Gasteiger partial charge in [0, 0.05) is 38.8 Å². The summed E-state index contributed by atoms with van der Waals surface area (Å²) in [4.78, 5) is 23.8. The van der Waals surface area contributed by atoms with Crippen molar-refractivity contribution in [2.24, 2.45) is 0 Å². The normalized spacial score (nSPS) is 15.9. The molecule has 2 aromatic heterocycles. The number of piperidine rings is 1. The Morgan fingerprint density at radius 1 is 1.30 bits per heavy atom. The van der Waals surface area contributed by atoms with E-state index in [1.54, 1.807) is 11.3 Å². The van der Waals surface area contributed by atoms with E-state index >= 15 is 0 Å². The molecule has 0 aliphatic carbocycles. The lowest BCUT2D eigenvalue weighted by Gasteiger charge is -2.31. The second-order valence-corrected chi connectivity index (χ2v) is 9.32. The van der Waals surface area contributed by atoms with Gasteiger partial charge in [0.25, 0.3) is 5.91 Å². The number of rotatable bonds is 7. The van der Waals surface area contributed by atoms with Crippen LogP contribution in [0.4, 0.5) is 5.13 Å². The third kappa shape index (κ3) is 5.09. The molecule has 27 heavy (non-hydrogen) atoms. The summed E-state index contributed by atoms with van der Waals surface area (Å²) in [5.74, 6) is 0.0531. The first kappa shape index (κ1) is 20.3. The molecular weight excluding hydrogens is 376 g/mol. The van der Waals surface area contributed by atoms with Crippen molar-refractivity contribution in [3.8, 4) is 0 Å². The van der Waals surface area contributed by atoms with Crippen LogP contribution < -0.4 is 10.2 Å². The van der Waals surface area contributed by atoms with Crippen LogP contribution in [0, 0.1) is 0 Å². The fraction of sp³-hybridized carbons (Fsp3) is 0.600. The Bertz CT molecular complexity index is 763. The number of thiazole rings is 1. The molecule has 1 N–H and O–H groups in total. The minimum atomic E-state index is 0.0531. The Kier molecular flexibility index (Phi) is 6.89. The average molecular weight is 407 g/mol. The summed E-state index contributed by atoms with van der Waals surface area (Å²) in [5.41, 5.74) is 1.36. The summed E-state index contributed by atoms with van der Waals surface area (Å²) in [7, 11) is 0. The topological polar surface area (TPSA) is 48.5 Å². The molecule has 1 amide bonds. The summed E-state index contributed by atoms with van der Waals surface area (Å²) in [6.45, 7) is 13.6. The van der Waals surface area contributed by atoms with Crippen LogP contribution in [0.3, 0.4) is 0 Å². The first-order valence-corrected chi connectivity index (χ1v) is 11.4. The van der Waals surface area contributed by atoms with E-state index in [0.29, 0.717) is 0 Å². The average Bonchev–Trinajstić information content (AvgIpc) is 3.21. The standard InChI is InChI=1S/C20H30N4OS2/c1-5-24(6-2)20-22-19-17(27-20)13-16(26-19)18(25)21-15-8-11-23(12-9-15)10-7-14(3)4/h7,13,15H,5-6,8-12H2,1-4H3,(H,21,25). The number of hydrogen-bond donors (Lipinski definition) is 1. The van der Waals surface area contributed by atoms with Gasteiger partial charge in [0.1, 0.15) is 4.83 Å². The number of amides is 1. The van der Waals surface area contributed by atoms with Gasteiger partial charge in [-0.1, -0.05) is 23.0 Å². The number of nitrogens with one attached hydrogen (secondary N) is 1. The van der Waals surface area contributed by atoms with Crippen molar-refractivity contribution in [3.63, 3.8) is 0 Å². The van der Waals surface area contributed by atoms with E-state index in [-0.39, 0.29) is 11.9 Å². The van der Waals surface area contributed by atoms with E-state index in [2.05, 4.69) is 48.9 Å². The van der Waals surface area contributed by atoms with Gasteiger partial charge >= 0.3 is 0 Å². The third-order valence-electron chi connectivity index (χ3n) is 5.02. The van der Waals surface area contributed by atoms with Crippen molar-refractivity contribution < 1.29 is 4.79 Å². The minimum absolute atomic E-state index is 0.0531. The third-order valence-corrected chi connectivity index (χ3v) is 7.24. The number of aromatic nitrogens is 1. The van der Waals surface area contributed by atoms with Gasteiger partial charge in [-0.25, -0.2) is 4.98 Å². The molecule has 0 unspecified atom stereocenters. The van der Waals surface area contributed by atoms with Crippen LogP contribution in [0.15, 0.2) is 17.7 Å². The van der Waals surface area contributed by atoms with Crippen molar-refractivity contribution >= 4 is 43.2 Å². The highest BCUT2D eigenvalue weighted by Crippen LogP contribution is 2.34. The highest BCUT2D eigenvalue weighted by molar-refractivity contribution is 7.29. The number of carbonyl (C=O) groups excluding carboxylic acids is 1. The summed E-state index contributed by atoms with van der Waals surface area (Å²) < 4.78 is 1.11. The molecule has 3 rings (SSSR count). The minimum Gasteiger partial charge on any atom is -0.349 e. The van der Waals surface area contributed by atoms with E-state index in [9.17, 15) is 4.79 Å². The zero-order valence-electron chi connectivity index (χ0n) is 16.7. The van der Waals surface area contributed by atoms with Crippen LogP contribution in [0.2, 0.25) is 0 Å². The van der Waals surface area contributed by atoms with Crippen LogP contribution in [0.1, 0.15) is 50.2 Å². The second-order valence-electron chi connectivity index (χ2n) is 7.28. The van der Waals surface area contributed by atoms with Gasteiger partial charge in [-0.15, -0.1) is 11.3 Å². The molecule has 3 heterocycles. The SMILES string of the molecule is CCN(CC)c1nc2sc(C(=O)NC3CCN(CC=C(C)C)CC3)cc2s1. The fourth-order valence-electron chi connectivity index (χ4n) is 3.29. The smallest absolute Gasteiger partial charge is 0.261 e.